The van der Waals surface area contributed by atoms with Crippen LogP contribution in [0.5, 0.6) is 0 Å². The van der Waals surface area contributed by atoms with Crippen molar-refractivity contribution in [1.29, 1.82) is 0 Å². The van der Waals surface area contributed by atoms with E-state index in [0.29, 0.717) is 19.6 Å². The molecule has 0 rings (SSSR count). The molecule has 0 radical (unpaired) electrons. The fourth-order valence-corrected chi connectivity index (χ4v) is 1.14. The molecule has 3 nitrogen and oxygen atoms in total. The molecule has 6 heteroatoms. The van der Waals surface area contributed by atoms with Gasteiger partial charge in [-0.15, -0.1) is 0 Å². The van der Waals surface area contributed by atoms with Gasteiger partial charge in [-0.25, -0.2) is 0 Å². The Hall–Kier alpha value is -0.330. The summed E-state index contributed by atoms with van der Waals surface area (Å²) in [6.07, 6.45) is -3.56. The van der Waals surface area contributed by atoms with Gasteiger partial charge in [-0.3, -0.25) is 4.90 Å². The Kier molecular flexibility index (Phi) is 6.86. The molecule has 86 valence electrons. The molecule has 0 aliphatic rings. The number of nitrogens with two attached hydrogens (primary N) is 1. The van der Waals surface area contributed by atoms with Gasteiger partial charge in [-0.2, -0.15) is 13.2 Å². The summed E-state index contributed by atoms with van der Waals surface area (Å²) in [5.74, 6) is 0. The molecule has 0 amide bonds. The Labute approximate surface area is 82.0 Å². The van der Waals surface area contributed by atoms with Crippen molar-refractivity contribution in [3.63, 3.8) is 0 Å². The zero-order valence-electron chi connectivity index (χ0n) is 8.31. The second-order valence-electron chi connectivity index (χ2n) is 3.03. The Morgan fingerprint density at radius 1 is 1.29 bits per heavy atom. The number of ether oxygens (including phenoxy) is 1. The van der Waals surface area contributed by atoms with E-state index in [-0.39, 0.29) is 13.1 Å². The lowest BCUT2D eigenvalue weighted by Gasteiger charge is -2.22. The topological polar surface area (TPSA) is 38.5 Å². The molecular weight excluding hydrogens is 197 g/mol. The quantitative estimate of drug-likeness (QED) is 0.638. The van der Waals surface area contributed by atoms with E-state index in [0.717, 1.165) is 0 Å². The van der Waals surface area contributed by atoms with Crippen LogP contribution < -0.4 is 5.73 Å². The van der Waals surface area contributed by atoms with Crippen molar-refractivity contribution in [2.75, 3.05) is 39.9 Å². The van der Waals surface area contributed by atoms with Crippen LogP contribution in [0.25, 0.3) is 0 Å². The van der Waals surface area contributed by atoms with Gasteiger partial charge < -0.3 is 10.5 Å². The van der Waals surface area contributed by atoms with Crippen LogP contribution in [0.4, 0.5) is 13.2 Å². The largest absolute Gasteiger partial charge is 0.401 e. The number of rotatable bonds is 7. The number of alkyl halides is 3. The second-order valence-corrected chi connectivity index (χ2v) is 3.03. The predicted octanol–water partition coefficient (Wildman–Crippen LogP) is 0.846. The highest BCUT2D eigenvalue weighted by atomic mass is 19.4. The van der Waals surface area contributed by atoms with E-state index in [1.165, 1.54) is 12.0 Å². The van der Waals surface area contributed by atoms with Gasteiger partial charge in [-0.1, -0.05) is 0 Å². The molecule has 0 saturated heterocycles. The number of hydrogen-bond donors (Lipinski definition) is 1. The Morgan fingerprint density at radius 3 is 2.36 bits per heavy atom. The third kappa shape index (κ3) is 8.28. The van der Waals surface area contributed by atoms with Crippen LogP contribution >= 0.6 is 0 Å². The molecule has 14 heavy (non-hydrogen) atoms. The Balaban J connectivity index is 3.77. The van der Waals surface area contributed by atoms with E-state index in [4.69, 9.17) is 10.5 Å². The van der Waals surface area contributed by atoms with E-state index in [2.05, 4.69) is 0 Å². The molecule has 0 fully saturated rings. The fourth-order valence-electron chi connectivity index (χ4n) is 1.14. The summed E-state index contributed by atoms with van der Waals surface area (Å²) >= 11 is 0. The van der Waals surface area contributed by atoms with E-state index in [1.807, 2.05) is 0 Å². The van der Waals surface area contributed by atoms with Gasteiger partial charge in [0.05, 0.1) is 6.54 Å². The van der Waals surface area contributed by atoms with E-state index < -0.39 is 12.7 Å². The van der Waals surface area contributed by atoms with Crippen LogP contribution in [0.2, 0.25) is 0 Å². The number of methoxy groups -OCH3 is 1. The zero-order chi connectivity index (χ0) is 11.0. The first kappa shape index (κ1) is 13.7. The third-order valence-electron chi connectivity index (χ3n) is 1.67. The fraction of sp³-hybridized carbons (Fsp3) is 1.00. The third-order valence-corrected chi connectivity index (χ3v) is 1.67. The number of nitrogens with zero attached hydrogens (tertiary/aromatic N) is 1. The average Bonchev–Trinajstić information content (AvgIpc) is 2.02. The lowest BCUT2D eigenvalue weighted by Crippen LogP contribution is -2.38. The first-order chi connectivity index (χ1) is 6.49. The number of hydrogen-bond acceptors (Lipinski definition) is 3. The zero-order valence-corrected chi connectivity index (χ0v) is 8.31. The van der Waals surface area contributed by atoms with Gasteiger partial charge in [0.2, 0.25) is 0 Å². The molecule has 0 aromatic carbocycles. The number of halogens is 3. The highest BCUT2D eigenvalue weighted by molar-refractivity contribution is 4.63. The van der Waals surface area contributed by atoms with Crippen LogP contribution in [0.3, 0.4) is 0 Å². The van der Waals surface area contributed by atoms with E-state index in [9.17, 15) is 13.2 Å². The summed E-state index contributed by atoms with van der Waals surface area (Å²) in [4.78, 5) is 1.29. The Morgan fingerprint density at radius 2 is 1.93 bits per heavy atom. The summed E-state index contributed by atoms with van der Waals surface area (Å²) in [5, 5.41) is 0. The molecule has 0 bridgehead atoms. The van der Waals surface area contributed by atoms with Crippen molar-refractivity contribution in [2.45, 2.75) is 12.6 Å². The molecule has 0 aliphatic carbocycles. The first-order valence-corrected chi connectivity index (χ1v) is 4.47. The van der Waals surface area contributed by atoms with Gasteiger partial charge in [0.1, 0.15) is 0 Å². The minimum absolute atomic E-state index is 0.239. The lowest BCUT2D eigenvalue weighted by atomic mass is 10.3. The maximum atomic E-state index is 12.0. The molecule has 0 unspecified atom stereocenters. The highest BCUT2D eigenvalue weighted by Crippen LogP contribution is 2.16. The van der Waals surface area contributed by atoms with Gasteiger partial charge in [-0.05, 0) is 6.42 Å². The molecule has 2 N–H and O–H groups in total. The predicted molar refractivity (Wildman–Crippen MR) is 48.0 cm³/mol. The summed E-state index contributed by atoms with van der Waals surface area (Å²) in [5.41, 5.74) is 5.21. The van der Waals surface area contributed by atoms with Crippen LogP contribution in [-0.4, -0.2) is 51.0 Å². The molecule has 0 aromatic rings. The SMILES string of the molecule is COCCCN(CCN)CC(F)(F)F. The lowest BCUT2D eigenvalue weighted by molar-refractivity contribution is -0.146. The molecule has 0 atom stereocenters. The summed E-state index contributed by atoms with van der Waals surface area (Å²) in [6.45, 7) is 0.448. The molecule has 0 spiro atoms. The van der Waals surface area contributed by atoms with Gasteiger partial charge in [0.15, 0.2) is 0 Å². The summed E-state index contributed by atoms with van der Waals surface area (Å²) in [7, 11) is 1.52. The van der Waals surface area contributed by atoms with Gasteiger partial charge >= 0.3 is 6.18 Å². The minimum Gasteiger partial charge on any atom is -0.385 e. The first-order valence-electron chi connectivity index (χ1n) is 4.47. The van der Waals surface area contributed by atoms with Crippen molar-refractivity contribution >= 4 is 0 Å². The summed E-state index contributed by atoms with van der Waals surface area (Å²) in [6, 6.07) is 0. The molecule has 0 aromatic heterocycles. The highest BCUT2D eigenvalue weighted by Gasteiger charge is 2.29. The standard InChI is InChI=1S/C8H17F3N2O/c1-14-6-2-4-13(5-3-12)7-8(9,10)11/h2-7,12H2,1H3. The van der Waals surface area contributed by atoms with Crippen molar-refractivity contribution in [3.05, 3.63) is 0 Å². The van der Waals surface area contributed by atoms with Gasteiger partial charge in [0, 0.05) is 33.4 Å². The van der Waals surface area contributed by atoms with Crippen LogP contribution in [0.1, 0.15) is 6.42 Å². The smallest absolute Gasteiger partial charge is 0.385 e. The normalized spacial score (nSPS) is 12.4. The monoisotopic (exact) mass is 214 g/mol. The van der Waals surface area contributed by atoms with Crippen molar-refractivity contribution < 1.29 is 17.9 Å². The maximum Gasteiger partial charge on any atom is 0.401 e. The van der Waals surface area contributed by atoms with Crippen molar-refractivity contribution in [1.82, 2.24) is 4.90 Å². The second kappa shape index (κ2) is 7.03. The minimum atomic E-state index is -4.15. The molecule has 0 saturated carbocycles. The van der Waals surface area contributed by atoms with Crippen molar-refractivity contribution in [3.8, 4) is 0 Å². The molecule has 0 aliphatic heterocycles. The van der Waals surface area contributed by atoms with Gasteiger partial charge in [0.25, 0.3) is 0 Å². The van der Waals surface area contributed by atoms with E-state index in [1.54, 1.807) is 0 Å². The average molecular weight is 214 g/mol. The van der Waals surface area contributed by atoms with Crippen LogP contribution in [0.15, 0.2) is 0 Å². The van der Waals surface area contributed by atoms with Crippen LogP contribution in [0, 0.1) is 0 Å². The summed E-state index contributed by atoms with van der Waals surface area (Å²) < 4.78 is 40.8. The molecule has 0 heterocycles. The maximum absolute atomic E-state index is 12.0. The van der Waals surface area contributed by atoms with Crippen LogP contribution in [-0.2, 0) is 4.74 Å². The van der Waals surface area contributed by atoms with E-state index >= 15 is 0 Å². The Bertz CT molecular complexity index is 141. The molecular formula is C8H17F3N2O. The van der Waals surface area contributed by atoms with Crippen molar-refractivity contribution in [2.24, 2.45) is 5.73 Å².